The van der Waals surface area contributed by atoms with E-state index in [9.17, 15) is 13.2 Å². The lowest BCUT2D eigenvalue weighted by Gasteiger charge is -2.09. The fourth-order valence-corrected chi connectivity index (χ4v) is 4.45. The zero-order valence-electron chi connectivity index (χ0n) is 16.1. The normalized spacial score (nSPS) is 12.9. The molecule has 0 radical (unpaired) electrons. The Morgan fingerprint density at radius 3 is 2.73 bits per heavy atom. The second-order valence-corrected chi connectivity index (χ2v) is 8.74. The molecule has 8 heteroatoms. The van der Waals surface area contributed by atoms with Crippen molar-refractivity contribution in [1.29, 1.82) is 0 Å². The molecule has 1 aliphatic rings. The number of aryl methyl sites for hydroxylation is 1. The van der Waals surface area contributed by atoms with E-state index in [1.54, 1.807) is 6.07 Å². The quantitative estimate of drug-likeness (QED) is 0.534. The van der Waals surface area contributed by atoms with E-state index in [-0.39, 0.29) is 17.3 Å². The number of amides is 1. The van der Waals surface area contributed by atoms with Gasteiger partial charge < -0.3 is 5.32 Å². The molecule has 3 aromatic rings. The maximum Gasteiger partial charge on any atom is 0.255 e. The van der Waals surface area contributed by atoms with Crippen LogP contribution in [-0.4, -0.2) is 31.1 Å². The Kier molecular flexibility index (Phi) is 5.40. The van der Waals surface area contributed by atoms with Crippen LogP contribution in [-0.2, 0) is 22.9 Å². The average molecular weight is 420 g/mol. The third-order valence-electron chi connectivity index (χ3n) is 4.99. The molecule has 0 unspecified atom stereocenters. The SMILES string of the molecule is C#CCNS(=O)(=O)c1ccc(C(=O)Nc2cccc(-c3n[nH]c4c3CCC4)c2)cc1. The first kappa shape index (κ1) is 19.9. The monoisotopic (exact) mass is 420 g/mol. The van der Waals surface area contributed by atoms with Gasteiger partial charge in [0.1, 0.15) is 0 Å². The Hall–Kier alpha value is -3.41. The van der Waals surface area contributed by atoms with Crippen molar-refractivity contribution in [2.75, 3.05) is 11.9 Å². The number of H-pyrrole nitrogens is 1. The Labute approximate surface area is 175 Å². The molecular formula is C22H20N4O3S. The van der Waals surface area contributed by atoms with Crippen molar-refractivity contribution in [2.24, 2.45) is 0 Å². The summed E-state index contributed by atoms with van der Waals surface area (Å²) >= 11 is 0. The molecule has 4 rings (SSSR count). The van der Waals surface area contributed by atoms with E-state index in [1.807, 2.05) is 18.2 Å². The molecule has 30 heavy (non-hydrogen) atoms. The van der Waals surface area contributed by atoms with Crippen molar-refractivity contribution in [3.8, 4) is 23.6 Å². The van der Waals surface area contributed by atoms with Crippen molar-refractivity contribution >= 4 is 21.6 Å². The second kappa shape index (κ2) is 8.14. The first-order valence-corrected chi connectivity index (χ1v) is 11.0. The van der Waals surface area contributed by atoms with E-state index < -0.39 is 10.0 Å². The first-order valence-electron chi connectivity index (χ1n) is 9.49. The molecule has 1 aliphatic carbocycles. The number of nitrogens with one attached hydrogen (secondary N) is 3. The van der Waals surface area contributed by atoms with E-state index in [1.165, 1.54) is 35.5 Å². The summed E-state index contributed by atoms with van der Waals surface area (Å²) in [4.78, 5) is 12.7. The number of hydrogen-bond donors (Lipinski definition) is 3. The van der Waals surface area contributed by atoms with Crippen LogP contribution in [0.1, 0.15) is 28.0 Å². The van der Waals surface area contributed by atoms with Crippen LogP contribution in [0.3, 0.4) is 0 Å². The largest absolute Gasteiger partial charge is 0.322 e. The summed E-state index contributed by atoms with van der Waals surface area (Å²) in [5.41, 5.74) is 5.28. The topological polar surface area (TPSA) is 104 Å². The van der Waals surface area contributed by atoms with E-state index in [2.05, 4.69) is 26.2 Å². The number of nitrogens with zero attached hydrogens (tertiary/aromatic N) is 1. The molecule has 0 fully saturated rings. The highest BCUT2D eigenvalue weighted by atomic mass is 32.2. The van der Waals surface area contributed by atoms with Crippen LogP contribution < -0.4 is 10.0 Å². The third-order valence-corrected chi connectivity index (χ3v) is 6.41. The Balaban J connectivity index is 1.50. The molecule has 2 aromatic carbocycles. The second-order valence-electron chi connectivity index (χ2n) is 6.97. The molecule has 3 N–H and O–H groups in total. The molecule has 0 aliphatic heterocycles. The van der Waals surface area contributed by atoms with Crippen LogP contribution >= 0.6 is 0 Å². The molecule has 0 saturated carbocycles. The van der Waals surface area contributed by atoms with Crippen LogP contribution in [0.5, 0.6) is 0 Å². The number of aromatic amines is 1. The highest BCUT2D eigenvalue weighted by Crippen LogP contribution is 2.31. The number of rotatable bonds is 6. The van der Waals surface area contributed by atoms with Crippen molar-refractivity contribution < 1.29 is 13.2 Å². The summed E-state index contributed by atoms with van der Waals surface area (Å²) in [7, 11) is -3.69. The number of sulfonamides is 1. The number of terminal acetylenes is 1. The van der Waals surface area contributed by atoms with Gasteiger partial charge in [0.25, 0.3) is 5.91 Å². The minimum atomic E-state index is -3.69. The average Bonchev–Trinajstić information content (AvgIpc) is 3.36. The summed E-state index contributed by atoms with van der Waals surface area (Å²) in [5, 5.41) is 10.4. The minimum absolute atomic E-state index is 0.0451. The minimum Gasteiger partial charge on any atom is -0.322 e. The predicted octanol–water partition coefficient (Wildman–Crippen LogP) is 2.73. The molecular weight excluding hydrogens is 400 g/mol. The summed E-state index contributed by atoms with van der Waals surface area (Å²) in [6.45, 7) is -0.0971. The van der Waals surface area contributed by atoms with Gasteiger partial charge in [0.15, 0.2) is 0 Å². The van der Waals surface area contributed by atoms with Gasteiger partial charge in [-0.15, -0.1) is 6.42 Å². The van der Waals surface area contributed by atoms with Crippen molar-refractivity contribution in [3.63, 3.8) is 0 Å². The number of carbonyl (C=O) groups excluding carboxylic acids is 1. The van der Waals surface area contributed by atoms with E-state index in [4.69, 9.17) is 6.42 Å². The fraction of sp³-hybridized carbons (Fsp3) is 0.182. The van der Waals surface area contributed by atoms with E-state index in [0.29, 0.717) is 11.3 Å². The van der Waals surface area contributed by atoms with E-state index >= 15 is 0 Å². The highest BCUT2D eigenvalue weighted by Gasteiger charge is 2.20. The molecule has 152 valence electrons. The fourth-order valence-electron chi connectivity index (χ4n) is 3.51. The van der Waals surface area contributed by atoms with Crippen LogP contribution in [0.4, 0.5) is 5.69 Å². The third kappa shape index (κ3) is 3.99. The van der Waals surface area contributed by atoms with Gasteiger partial charge in [-0.2, -0.15) is 9.82 Å². The Morgan fingerprint density at radius 2 is 1.97 bits per heavy atom. The summed E-state index contributed by atoms with van der Waals surface area (Å²) in [6.07, 6.45) is 8.23. The predicted molar refractivity (Wildman–Crippen MR) is 114 cm³/mol. The first-order chi connectivity index (χ1) is 14.5. The maximum atomic E-state index is 12.6. The van der Waals surface area contributed by atoms with Gasteiger partial charge in [-0.25, -0.2) is 8.42 Å². The summed E-state index contributed by atoms with van der Waals surface area (Å²) in [5.74, 6) is 1.88. The number of aromatic nitrogens is 2. The standard InChI is InChI=1S/C22H20N4O3S/c1-2-13-23-30(28,29)18-11-9-15(10-12-18)22(27)24-17-6-3-5-16(14-17)21-19-7-4-8-20(19)25-26-21/h1,3,5-6,9-12,14,23H,4,7-8,13H2,(H,24,27)(H,25,26). The highest BCUT2D eigenvalue weighted by molar-refractivity contribution is 7.89. The summed E-state index contributed by atoms with van der Waals surface area (Å²) in [6, 6.07) is 13.2. The van der Waals surface area contributed by atoms with Crippen molar-refractivity contribution in [1.82, 2.24) is 14.9 Å². The van der Waals surface area contributed by atoms with Gasteiger partial charge in [-0.1, -0.05) is 18.1 Å². The molecule has 0 spiro atoms. The lowest BCUT2D eigenvalue weighted by atomic mass is 10.1. The van der Waals surface area contributed by atoms with Crippen LogP contribution in [0.25, 0.3) is 11.3 Å². The number of fused-ring (bicyclic) bond motifs is 1. The molecule has 0 atom stereocenters. The molecule has 0 saturated heterocycles. The van der Waals surface area contributed by atoms with E-state index in [0.717, 1.165) is 30.5 Å². The molecule has 1 heterocycles. The number of hydrogen-bond acceptors (Lipinski definition) is 4. The number of anilines is 1. The van der Waals surface area contributed by atoms with Gasteiger partial charge in [0, 0.05) is 28.1 Å². The van der Waals surface area contributed by atoms with Gasteiger partial charge >= 0.3 is 0 Å². The van der Waals surface area contributed by atoms with Gasteiger partial charge in [0.2, 0.25) is 10.0 Å². The van der Waals surface area contributed by atoms with Gasteiger partial charge in [0.05, 0.1) is 17.1 Å². The smallest absolute Gasteiger partial charge is 0.255 e. The Morgan fingerprint density at radius 1 is 1.17 bits per heavy atom. The lowest BCUT2D eigenvalue weighted by molar-refractivity contribution is 0.102. The zero-order valence-corrected chi connectivity index (χ0v) is 16.9. The van der Waals surface area contributed by atoms with Crippen molar-refractivity contribution in [2.45, 2.75) is 24.2 Å². The van der Waals surface area contributed by atoms with Crippen molar-refractivity contribution in [3.05, 3.63) is 65.4 Å². The van der Waals surface area contributed by atoms with Crippen LogP contribution in [0.2, 0.25) is 0 Å². The van der Waals surface area contributed by atoms with Crippen LogP contribution in [0.15, 0.2) is 53.4 Å². The molecule has 1 amide bonds. The lowest BCUT2D eigenvalue weighted by Crippen LogP contribution is -2.24. The van der Waals surface area contributed by atoms with Crippen LogP contribution in [0, 0.1) is 12.3 Å². The van der Waals surface area contributed by atoms with Gasteiger partial charge in [-0.3, -0.25) is 9.89 Å². The zero-order chi connectivity index (χ0) is 21.1. The maximum absolute atomic E-state index is 12.6. The molecule has 0 bridgehead atoms. The summed E-state index contributed by atoms with van der Waals surface area (Å²) < 4.78 is 26.4. The molecule has 7 nitrogen and oxygen atoms in total. The number of carbonyl (C=O) groups is 1. The molecule has 1 aromatic heterocycles. The Bertz CT molecular complexity index is 1240. The number of benzene rings is 2. The van der Waals surface area contributed by atoms with Gasteiger partial charge in [-0.05, 0) is 55.7 Å².